The second-order valence-corrected chi connectivity index (χ2v) is 5.48. The molecule has 2 unspecified atom stereocenters. The van der Waals surface area contributed by atoms with Gasteiger partial charge in [0.1, 0.15) is 0 Å². The van der Waals surface area contributed by atoms with Crippen LogP contribution in [0.2, 0.25) is 0 Å². The summed E-state index contributed by atoms with van der Waals surface area (Å²) in [4.78, 5) is 0. The highest BCUT2D eigenvalue weighted by molar-refractivity contribution is 4.86. The minimum absolute atomic E-state index is 0.271. The molecule has 1 aliphatic rings. The number of aliphatic hydroxyl groups excluding tert-OH is 1. The van der Waals surface area contributed by atoms with Crippen LogP contribution in [-0.4, -0.2) is 24.4 Å². The lowest BCUT2D eigenvalue weighted by Gasteiger charge is -2.41. The highest BCUT2D eigenvalue weighted by Crippen LogP contribution is 2.42. The molecule has 1 aliphatic carbocycles. The van der Waals surface area contributed by atoms with Gasteiger partial charge in [0.2, 0.25) is 0 Å². The molecule has 0 radical (unpaired) electrons. The summed E-state index contributed by atoms with van der Waals surface area (Å²) in [6.07, 6.45) is 5.73. The van der Waals surface area contributed by atoms with Crippen LogP contribution in [0, 0.1) is 11.3 Å². The van der Waals surface area contributed by atoms with Crippen molar-refractivity contribution in [1.29, 1.82) is 0 Å². The summed E-state index contributed by atoms with van der Waals surface area (Å²) >= 11 is 0. The first-order valence-electron chi connectivity index (χ1n) is 6.33. The molecule has 15 heavy (non-hydrogen) atoms. The van der Waals surface area contributed by atoms with E-state index in [0.717, 1.165) is 19.4 Å². The van der Waals surface area contributed by atoms with Gasteiger partial charge in [-0.3, -0.25) is 0 Å². The molecule has 2 atom stereocenters. The lowest BCUT2D eigenvalue weighted by atomic mass is 9.67. The Morgan fingerprint density at radius 3 is 2.73 bits per heavy atom. The first-order chi connectivity index (χ1) is 7.08. The molecule has 0 aromatic carbocycles. The first-order valence-corrected chi connectivity index (χ1v) is 6.33. The molecule has 1 rings (SSSR count). The minimum atomic E-state index is -0.271. The van der Waals surface area contributed by atoms with Crippen LogP contribution in [0.1, 0.15) is 52.9 Å². The van der Waals surface area contributed by atoms with E-state index in [2.05, 4.69) is 20.8 Å². The van der Waals surface area contributed by atoms with Gasteiger partial charge >= 0.3 is 0 Å². The Labute approximate surface area is 94.0 Å². The summed E-state index contributed by atoms with van der Waals surface area (Å²) in [5.74, 6) is 0.420. The normalized spacial score (nSPS) is 27.6. The zero-order valence-corrected chi connectivity index (χ0v) is 10.5. The van der Waals surface area contributed by atoms with Gasteiger partial charge in [-0.1, -0.05) is 33.6 Å². The molecule has 0 heterocycles. The van der Waals surface area contributed by atoms with Gasteiger partial charge in [0.15, 0.2) is 0 Å². The number of hydrogen-bond acceptors (Lipinski definition) is 2. The number of hydrogen-bond donors (Lipinski definition) is 1. The van der Waals surface area contributed by atoms with Gasteiger partial charge in [0.25, 0.3) is 0 Å². The molecule has 2 heteroatoms. The molecular formula is C13H26O2. The quantitative estimate of drug-likeness (QED) is 0.713. The molecular weight excluding hydrogens is 188 g/mol. The Balaban J connectivity index is 2.38. The second kappa shape index (κ2) is 5.86. The smallest absolute Gasteiger partial charge is 0.0806 e. The van der Waals surface area contributed by atoms with Crippen molar-refractivity contribution >= 4 is 0 Å². The molecule has 90 valence electrons. The van der Waals surface area contributed by atoms with Crippen molar-refractivity contribution in [3.8, 4) is 0 Å². The van der Waals surface area contributed by atoms with Crippen LogP contribution in [0.3, 0.4) is 0 Å². The zero-order valence-electron chi connectivity index (χ0n) is 10.5. The topological polar surface area (TPSA) is 29.5 Å². The Morgan fingerprint density at radius 1 is 1.40 bits per heavy atom. The van der Waals surface area contributed by atoms with Crippen molar-refractivity contribution < 1.29 is 9.84 Å². The third-order valence-electron chi connectivity index (χ3n) is 3.69. The van der Waals surface area contributed by atoms with Crippen molar-refractivity contribution in [2.75, 3.05) is 13.2 Å². The van der Waals surface area contributed by atoms with E-state index in [4.69, 9.17) is 4.74 Å². The van der Waals surface area contributed by atoms with Gasteiger partial charge in [-0.25, -0.2) is 0 Å². The van der Waals surface area contributed by atoms with Crippen LogP contribution in [0.25, 0.3) is 0 Å². The van der Waals surface area contributed by atoms with Crippen LogP contribution < -0.4 is 0 Å². The molecule has 0 amide bonds. The standard InChI is InChI=1S/C13H26O2/c1-4-9-15-10-12(14)11-7-5-6-8-13(11,2)3/h11-12,14H,4-10H2,1-3H3. The average molecular weight is 214 g/mol. The summed E-state index contributed by atoms with van der Waals surface area (Å²) in [6.45, 7) is 7.93. The molecule has 1 N–H and O–H groups in total. The van der Waals surface area contributed by atoms with Gasteiger partial charge in [-0.2, -0.15) is 0 Å². The van der Waals surface area contributed by atoms with E-state index >= 15 is 0 Å². The van der Waals surface area contributed by atoms with E-state index in [1.807, 2.05) is 0 Å². The van der Waals surface area contributed by atoms with Crippen LogP contribution in [0.4, 0.5) is 0 Å². The van der Waals surface area contributed by atoms with Crippen molar-refractivity contribution in [1.82, 2.24) is 0 Å². The summed E-state index contributed by atoms with van der Waals surface area (Å²) in [7, 11) is 0. The summed E-state index contributed by atoms with van der Waals surface area (Å²) in [5.41, 5.74) is 0.285. The van der Waals surface area contributed by atoms with Crippen molar-refractivity contribution in [2.24, 2.45) is 11.3 Å². The van der Waals surface area contributed by atoms with E-state index in [1.54, 1.807) is 0 Å². The van der Waals surface area contributed by atoms with Crippen LogP contribution in [0.15, 0.2) is 0 Å². The summed E-state index contributed by atoms with van der Waals surface area (Å²) in [6, 6.07) is 0. The summed E-state index contributed by atoms with van der Waals surface area (Å²) < 4.78 is 5.44. The maximum Gasteiger partial charge on any atom is 0.0806 e. The Morgan fingerprint density at radius 2 is 2.13 bits per heavy atom. The van der Waals surface area contributed by atoms with Gasteiger partial charge in [0, 0.05) is 6.61 Å². The molecule has 1 saturated carbocycles. The Kier molecular flexibility index (Phi) is 5.07. The molecule has 0 aromatic heterocycles. The maximum absolute atomic E-state index is 10.1. The first kappa shape index (κ1) is 13.0. The lowest BCUT2D eigenvalue weighted by Crippen LogP contribution is -2.39. The van der Waals surface area contributed by atoms with Gasteiger partial charge in [0.05, 0.1) is 12.7 Å². The highest BCUT2D eigenvalue weighted by atomic mass is 16.5. The summed E-state index contributed by atoms with van der Waals surface area (Å²) in [5, 5.41) is 10.1. The van der Waals surface area contributed by atoms with Crippen LogP contribution >= 0.6 is 0 Å². The molecule has 0 bridgehead atoms. The van der Waals surface area contributed by atoms with E-state index in [-0.39, 0.29) is 11.5 Å². The molecule has 2 nitrogen and oxygen atoms in total. The predicted molar refractivity (Wildman–Crippen MR) is 62.9 cm³/mol. The molecule has 0 aliphatic heterocycles. The minimum Gasteiger partial charge on any atom is -0.390 e. The predicted octanol–water partition coefficient (Wildman–Crippen LogP) is 2.99. The fourth-order valence-electron chi connectivity index (χ4n) is 2.70. The molecule has 1 fully saturated rings. The van der Waals surface area contributed by atoms with E-state index in [0.29, 0.717) is 12.5 Å². The molecule has 0 saturated heterocycles. The molecule has 0 spiro atoms. The van der Waals surface area contributed by atoms with E-state index < -0.39 is 0 Å². The lowest BCUT2D eigenvalue weighted by molar-refractivity contribution is -0.0463. The Bertz CT molecular complexity index is 177. The van der Waals surface area contributed by atoms with Crippen molar-refractivity contribution in [3.63, 3.8) is 0 Å². The van der Waals surface area contributed by atoms with Gasteiger partial charge in [-0.05, 0) is 30.6 Å². The fourth-order valence-corrected chi connectivity index (χ4v) is 2.70. The molecule has 0 aromatic rings. The SMILES string of the molecule is CCCOCC(O)C1CCCCC1(C)C. The highest BCUT2D eigenvalue weighted by Gasteiger charge is 2.36. The number of rotatable bonds is 5. The zero-order chi connectivity index (χ0) is 11.3. The fraction of sp³-hybridized carbons (Fsp3) is 1.00. The second-order valence-electron chi connectivity index (χ2n) is 5.48. The third-order valence-corrected chi connectivity index (χ3v) is 3.69. The number of aliphatic hydroxyl groups is 1. The van der Waals surface area contributed by atoms with Gasteiger partial charge < -0.3 is 9.84 Å². The van der Waals surface area contributed by atoms with Gasteiger partial charge in [-0.15, -0.1) is 0 Å². The van der Waals surface area contributed by atoms with Crippen LogP contribution in [-0.2, 0) is 4.74 Å². The van der Waals surface area contributed by atoms with Crippen molar-refractivity contribution in [2.45, 2.75) is 59.0 Å². The average Bonchev–Trinajstić information content (AvgIpc) is 2.17. The monoisotopic (exact) mass is 214 g/mol. The largest absolute Gasteiger partial charge is 0.390 e. The van der Waals surface area contributed by atoms with Crippen molar-refractivity contribution in [3.05, 3.63) is 0 Å². The third kappa shape index (κ3) is 3.76. The van der Waals surface area contributed by atoms with E-state index in [9.17, 15) is 5.11 Å². The van der Waals surface area contributed by atoms with Crippen LogP contribution in [0.5, 0.6) is 0 Å². The Hall–Kier alpha value is -0.0800. The van der Waals surface area contributed by atoms with E-state index in [1.165, 1.54) is 19.3 Å². The number of ether oxygens (including phenoxy) is 1. The maximum atomic E-state index is 10.1.